The lowest BCUT2D eigenvalue weighted by Gasteiger charge is -2.21. The zero-order valence-electron chi connectivity index (χ0n) is 32.7. The smallest absolute Gasteiger partial charge is 0.305 e. The van der Waals surface area contributed by atoms with Gasteiger partial charge in [-0.2, -0.15) is 0 Å². The Morgan fingerprint density at radius 2 is 0.812 bits per heavy atom. The van der Waals surface area contributed by atoms with Crippen LogP contribution < -0.4 is 0 Å². The lowest BCUT2D eigenvalue weighted by molar-refractivity contribution is -0.144. The normalized spacial score (nSPS) is 11.7. The van der Waals surface area contributed by atoms with E-state index in [9.17, 15) is 9.59 Å². The molecule has 0 aliphatic rings. The van der Waals surface area contributed by atoms with Gasteiger partial charge in [0.15, 0.2) is 0 Å². The Kier molecular flexibility index (Phi) is 36.8. The second-order valence-electron chi connectivity index (χ2n) is 14.6. The first-order chi connectivity index (χ1) is 23.5. The van der Waals surface area contributed by atoms with Crippen LogP contribution in [0.1, 0.15) is 207 Å². The summed E-state index contributed by atoms with van der Waals surface area (Å²) in [5.41, 5.74) is 0. The van der Waals surface area contributed by atoms with Gasteiger partial charge in [0, 0.05) is 25.3 Å². The Balaban J connectivity index is 3.79. The monoisotopic (exact) mass is 700 g/mol. The van der Waals surface area contributed by atoms with Crippen LogP contribution in [0, 0.1) is 11.8 Å². The third kappa shape index (κ3) is 32.4. The first-order valence-corrected chi connectivity index (χ1v) is 21.6. The summed E-state index contributed by atoms with van der Waals surface area (Å²) in [7, 11) is 0. The number of ether oxygens (including phenoxy) is 2. The number of rotatable bonds is 38. The van der Waals surface area contributed by atoms with Crippen molar-refractivity contribution in [3.63, 3.8) is 0 Å². The minimum Gasteiger partial charge on any atom is -0.466 e. The molecule has 286 valence electrons. The average Bonchev–Trinajstić information content (AvgIpc) is 3.08. The largest absolute Gasteiger partial charge is 0.466 e. The van der Waals surface area contributed by atoms with Crippen LogP contribution in [0.4, 0.5) is 0 Å². The van der Waals surface area contributed by atoms with Crippen molar-refractivity contribution in [1.82, 2.24) is 4.90 Å². The minimum atomic E-state index is -0.0259. The quantitative estimate of drug-likeness (QED) is 0.0365. The van der Waals surface area contributed by atoms with Crippen LogP contribution in [0.3, 0.4) is 0 Å². The number of nitrogens with zero attached hydrogens (tertiary/aromatic N) is 1. The highest BCUT2D eigenvalue weighted by Gasteiger charge is 2.11. The van der Waals surface area contributed by atoms with Gasteiger partial charge in [0.05, 0.1) is 13.2 Å². The van der Waals surface area contributed by atoms with Gasteiger partial charge in [0.1, 0.15) is 0 Å². The van der Waals surface area contributed by atoms with E-state index in [4.69, 9.17) is 21.1 Å². The van der Waals surface area contributed by atoms with Gasteiger partial charge in [-0.1, -0.05) is 143 Å². The maximum atomic E-state index is 12.2. The first kappa shape index (κ1) is 47.2. The third-order valence-electron chi connectivity index (χ3n) is 10.0. The summed E-state index contributed by atoms with van der Waals surface area (Å²) in [6.45, 7) is 13.2. The molecule has 0 radical (unpaired) electrons. The van der Waals surface area contributed by atoms with E-state index in [-0.39, 0.29) is 11.9 Å². The summed E-state index contributed by atoms with van der Waals surface area (Å²) >= 11 is 6.07. The van der Waals surface area contributed by atoms with E-state index < -0.39 is 0 Å². The molecular formula is C42H82ClNO4. The van der Waals surface area contributed by atoms with Crippen molar-refractivity contribution in [2.75, 3.05) is 38.7 Å². The van der Waals surface area contributed by atoms with E-state index in [1.807, 2.05) is 0 Å². The Morgan fingerprint density at radius 3 is 1.17 bits per heavy atom. The van der Waals surface area contributed by atoms with Gasteiger partial charge in [-0.3, -0.25) is 9.59 Å². The van der Waals surface area contributed by atoms with E-state index in [2.05, 4.69) is 32.6 Å². The summed E-state index contributed by atoms with van der Waals surface area (Å²) in [5.74, 6) is 2.35. The van der Waals surface area contributed by atoms with Crippen LogP contribution >= 0.6 is 11.6 Å². The lowest BCUT2D eigenvalue weighted by atomic mass is 9.90. The number of hydrogen-bond acceptors (Lipinski definition) is 5. The van der Waals surface area contributed by atoms with Gasteiger partial charge in [0.25, 0.3) is 0 Å². The number of alkyl halides is 1. The molecule has 0 aliphatic carbocycles. The van der Waals surface area contributed by atoms with Crippen molar-refractivity contribution in [3.05, 3.63) is 0 Å². The van der Waals surface area contributed by atoms with Crippen molar-refractivity contribution >= 4 is 23.5 Å². The first-order valence-electron chi connectivity index (χ1n) is 21.1. The molecule has 0 saturated heterocycles. The number of esters is 2. The molecule has 5 nitrogen and oxygen atoms in total. The van der Waals surface area contributed by atoms with Gasteiger partial charge in [-0.25, -0.2) is 0 Å². The molecule has 6 heteroatoms. The summed E-state index contributed by atoms with van der Waals surface area (Å²) in [6.07, 6.45) is 32.7. The SMILES string of the molecule is CCCCC(CCCC)CCCCCC(=O)OCCCCCN(CCCl)CCCCCOC(=O)CCCCCC(CCCC)CCCC. The van der Waals surface area contributed by atoms with Crippen molar-refractivity contribution in [1.29, 1.82) is 0 Å². The molecule has 48 heavy (non-hydrogen) atoms. The van der Waals surface area contributed by atoms with Gasteiger partial charge in [-0.15, -0.1) is 11.6 Å². The summed E-state index contributed by atoms with van der Waals surface area (Å²) in [4.78, 5) is 26.7. The Hall–Kier alpha value is -0.810. The number of unbranched alkanes of at least 4 members (excludes halogenated alkanes) is 12. The number of carbonyl (C=O) groups is 2. The van der Waals surface area contributed by atoms with E-state index in [1.54, 1.807) is 0 Å². The van der Waals surface area contributed by atoms with Crippen LogP contribution in [-0.2, 0) is 19.1 Å². The predicted molar refractivity (Wildman–Crippen MR) is 208 cm³/mol. The van der Waals surface area contributed by atoms with Gasteiger partial charge < -0.3 is 14.4 Å². The predicted octanol–water partition coefficient (Wildman–Crippen LogP) is 12.8. The molecule has 0 amide bonds. The van der Waals surface area contributed by atoms with E-state index in [0.29, 0.717) is 31.9 Å². The fraction of sp³-hybridized carbons (Fsp3) is 0.952. The molecule has 0 spiro atoms. The molecule has 0 atom stereocenters. The summed E-state index contributed by atoms with van der Waals surface area (Å²) < 4.78 is 11.0. The van der Waals surface area contributed by atoms with Crippen molar-refractivity contribution in [3.8, 4) is 0 Å². The van der Waals surface area contributed by atoms with Crippen LogP contribution in [0.2, 0.25) is 0 Å². The highest BCUT2D eigenvalue weighted by atomic mass is 35.5. The molecule has 0 aromatic rings. The van der Waals surface area contributed by atoms with Crippen LogP contribution in [-0.4, -0.2) is 55.6 Å². The molecule has 0 aromatic carbocycles. The molecule has 0 fully saturated rings. The molecule has 0 rings (SSSR count). The van der Waals surface area contributed by atoms with Gasteiger partial charge in [-0.05, 0) is 76.3 Å². The summed E-state index contributed by atoms with van der Waals surface area (Å²) in [5, 5.41) is 0. The molecule has 0 saturated carbocycles. The maximum absolute atomic E-state index is 12.2. The highest BCUT2D eigenvalue weighted by molar-refractivity contribution is 6.18. The van der Waals surface area contributed by atoms with E-state index in [0.717, 1.165) is 95.7 Å². The zero-order chi connectivity index (χ0) is 35.3. The zero-order valence-corrected chi connectivity index (χ0v) is 33.4. The average molecular weight is 701 g/mol. The molecule has 0 N–H and O–H groups in total. The van der Waals surface area contributed by atoms with Crippen molar-refractivity contribution in [2.24, 2.45) is 11.8 Å². The van der Waals surface area contributed by atoms with Crippen molar-refractivity contribution in [2.45, 2.75) is 207 Å². The molecule has 0 aliphatic heterocycles. The second-order valence-corrected chi connectivity index (χ2v) is 15.0. The maximum Gasteiger partial charge on any atom is 0.305 e. The fourth-order valence-electron chi connectivity index (χ4n) is 6.80. The standard InChI is InChI=1S/C42H82ClNO4/c1-5-9-25-39(26-10-6-2)29-17-13-19-31-41(45)47-37-23-15-21-34-44(36-33-43)35-22-16-24-38-48-42(46)32-20-14-18-30-40(27-11-7-3)28-12-8-4/h39-40H,5-38H2,1-4H3. The molecule has 0 unspecified atom stereocenters. The molecule has 0 heterocycles. The van der Waals surface area contributed by atoms with Crippen LogP contribution in [0.25, 0.3) is 0 Å². The van der Waals surface area contributed by atoms with Gasteiger partial charge >= 0.3 is 11.9 Å². The number of halogens is 1. The number of carbonyl (C=O) groups excluding carboxylic acids is 2. The third-order valence-corrected chi connectivity index (χ3v) is 10.2. The minimum absolute atomic E-state index is 0.0259. The molecule has 0 bridgehead atoms. The van der Waals surface area contributed by atoms with Crippen molar-refractivity contribution < 1.29 is 19.1 Å². The van der Waals surface area contributed by atoms with E-state index >= 15 is 0 Å². The number of hydrogen-bond donors (Lipinski definition) is 0. The fourth-order valence-corrected chi connectivity index (χ4v) is 7.03. The highest BCUT2D eigenvalue weighted by Crippen LogP contribution is 2.24. The van der Waals surface area contributed by atoms with E-state index in [1.165, 1.54) is 103 Å². The van der Waals surface area contributed by atoms with Crippen LogP contribution in [0.5, 0.6) is 0 Å². The summed E-state index contributed by atoms with van der Waals surface area (Å²) in [6, 6.07) is 0. The Morgan fingerprint density at radius 1 is 0.458 bits per heavy atom. The van der Waals surface area contributed by atoms with Crippen LogP contribution in [0.15, 0.2) is 0 Å². The molecular weight excluding hydrogens is 618 g/mol. The van der Waals surface area contributed by atoms with Gasteiger partial charge in [0.2, 0.25) is 0 Å². The lowest BCUT2D eigenvalue weighted by Crippen LogP contribution is -2.28. The molecule has 0 aromatic heterocycles. The topological polar surface area (TPSA) is 55.8 Å². The Labute approximate surface area is 304 Å². The second kappa shape index (κ2) is 37.4. The Bertz CT molecular complexity index is 621.